The summed E-state index contributed by atoms with van der Waals surface area (Å²) in [6.45, 7) is 2.31. The van der Waals surface area contributed by atoms with Crippen LogP contribution >= 0.6 is 11.8 Å². The fourth-order valence-corrected chi connectivity index (χ4v) is 5.04. The molecule has 0 bridgehead atoms. The van der Waals surface area contributed by atoms with Gasteiger partial charge in [0.2, 0.25) is 11.8 Å². The lowest BCUT2D eigenvalue weighted by atomic mass is 9.83. The number of carbonyl (C=O) groups is 2. The van der Waals surface area contributed by atoms with Crippen LogP contribution in [0.5, 0.6) is 0 Å². The predicted octanol–water partition coefficient (Wildman–Crippen LogP) is 2.03. The van der Waals surface area contributed by atoms with Crippen LogP contribution in [0.25, 0.3) is 11.0 Å². The number of rotatable bonds is 5. The molecule has 1 fully saturated rings. The van der Waals surface area contributed by atoms with Crippen molar-refractivity contribution in [1.29, 1.82) is 0 Å². The first-order chi connectivity index (χ1) is 16.5. The number of amides is 2. The number of thioether (sulfide) groups is 1. The average molecular weight is 480 g/mol. The first kappa shape index (κ1) is 22.6. The quantitative estimate of drug-likeness (QED) is 0.432. The molecule has 3 aromatic heterocycles. The Bertz CT molecular complexity index is 1250. The molecule has 1 aliphatic heterocycles. The smallest absolute Gasteiger partial charge is 0.234 e. The highest BCUT2D eigenvalue weighted by Crippen LogP contribution is 2.30. The minimum absolute atomic E-state index is 0.0536. The highest BCUT2D eigenvalue weighted by Gasteiger charge is 2.33. The Labute approximate surface area is 200 Å². The largest absolute Gasteiger partial charge is 0.391 e. The highest BCUT2D eigenvalue weighted by molar-refractivity contribution is 8.00. The number of anilines is 2. The van der Waals surface area contributed by atoms with Gasteiger partial charge in [0, 0.05) is 30.4 Å². The molecule has 2 aliphatic rings. The van der Waals surface area contributed by atoms with Gasteiger partial charge in [-0.15, -0.1) is 5.10 Å². The van der Waals surface area contributed by atoms with E-state index < -0.39 is 6.10 Å². The van der Waals surface area contributed by atoms with Crippen molar-refractivity contribution in [2.24, 2.45) is 5.92 Å². The fraction of sp³-hybridized carbons (Fsp3) is 0.391. The van der Waals surface area contributed by atoms with Crippen LogP contribution in [-0.2, 0) is 16.1 Å². The van der Waals surface area contributed by atoms with Gasteiger partial charge in [-0.2, -0.15) is 5.10 Å². The molecule has 1 aliphatic carbocycles. The van der Waals surface area contributed by atoms with E-state index in [-0.39, 0.29) is 23.8 Å². The Kier molecular flexibility index (Phi) is 6.40. The molecular weight excluding hydrogens is 454 g/mol. The van der Waals surface area contributed by atoms with E-state index in [9.17, 15) is 14.7 Å². The van der Waals surface area contributed by atoms with Crippen molar-refractivity contribution in [3.63, 3.8) is 0 Å². The maximum atomic E-state index is 12.9. The monoisotopic (exact) mass is 479 g/mol. The zero-order valence-electron chi connectivity index (χ0n) is 18.6. The number of hydrogen-bond acceptors (Lipinski definition) is 9. The summed E-state index contributed by atoms with van der Waals surface area (Å²) in [6.07, 6.45) is 2.65. The van der Waals surface area contributed by atoms with Crippen molar-refractivity contribution in [2.45, 2.75) is 49.9 Å². The van der Waals surface area contributed by atoms with Crippen molar-refractivity contribution >= 4 is 46.0 Å². The molecule has 3 atom stereocenters. The third kappa shape index (κ3) is 4.86. The van der Waals surface area contributed by atoms with Crippen molar-refractivity contribution in [3.8, 4) is 0 Å². The van der Waals surface area contributed by atoms with E-state index in [1.54, 1.807) is 18.3 Å². The lowest BCUT2D eigenvalue weighted by molar-refractivity contribution is -0.122. The zero-order chi connectivity index (χ0) is 23.7. The van der Waals surface area contributed by atoms with Crippen LogP contribution in [0.1, 0.15) is 30.7 Å². The second kappa shape index (κ2) is 9.61. The van der Waals surface area contributed by atoms with Crippen LogP contribution in [0.4, 0.5) is 11.4 Å². The predicted molar refractivity (Wildman–Crippen MR) is 128 cm³/mol. The number of nitrogens with zero attached hydrogens (tertiary/aromatic N) is 4. The van der Waals surface area contributed by atoms with Crippen molar-refractivity contribution in [1.82, 2.24) is 25.5 Å². The van der Waals surface area contributed by atoms with Gasteiger partial charge in [0.25, 0.3) is 0 Å². The van der Waals surface area contributed by atoms with E-state index in [0.717, 1.165) is 11.2 Å². The minimum Gasteiger partial charge on any atom is -0.391 e. The Morgan fingerprint density at radius 1 is 1.26 bits per heavy atom. The van der Waals surface area contributed by atoms with Gasteiger partial charge in [0.15, 0.2) is 0 Å². The van der Waals surface area contributed by atoms with Crippen LogP contribution in [-0.4, -0.2) is 55.0 Å². The normalized spacial score (nSPS) is 22.2. The summed E-state index contributed by atoms with van der Waals surface area (Å²) in [6, 6.07) is 7.16. The molecule has 10 nitrogen and oxygen atoms in total. The van der Waals surface area contributed by atoms with Crippen molar-refractivity contribution in [3.05, 3.63) is 41.9 Å². The summed E-state index contributed by atoms with van der Waals surface area (Å²) in [4.78, 5) is 33.4. The molecule has 3 aromatic rings. The van der Waals surface area contributed by atoms with Crippen LogP contribution in [0.2, 0.25) is 0 Å². The van der Waals surface area contributed by atoms with E-state index in [0.29, 0.717) is 59.2 Å². The Hall–Kier alpha value is -3.15. The molecule has 0 radical (unpaired) electrons. The minimum atomic E-state index is -0.667. The molecule has 11 heteroatoms. The second-order valence-corrected chi connectivity index (χ2v) is 9.59. The van der Waals surface area contributed by atoms with Gasteiger partial charge in [-0.25, -0.2) is 4.98 Å². The first-order valence-electron chi connectivity index (χ1n) is 11.2. The van der Waals surface area contributed by atoms with Crippen LogP contribution in [0.3, 0.4) is 0 Å². The van der Waals surface area contributed by atoms with Crippen LogP contribution in [0, 0.1) is 12.8 Å². The number of hydrogen-bond donors (Lipinski definition) is 4. The molecule has 34 heavy (non-hydrogen) atoms. The number of fused-ring (bicyclic) bond motifs is 2. The molecule has 0 unspecified atom stereocenters. The van der Waals surface area contributed by atoms with E-state index in [2.05, 4.69) is 36.1 Å². The van der Waals surface area contributed by atoms with Crippen molar-refractivity contribution < 1.29 is 14.7 Å². The summed E-state index contributed by atoms with van der Waals surface area (Å²) < 4.78 is 0. The summed E-state index contributed by atoms with van der Waals surface area (Å²) in [7, 11) is 0. The van der Waals surface area contributed by atoms with Gasteiger partial charge < -0.3 is 21.1 Å². The molecule has 0 saturated heterocycles. The summed E-state index contributed by atoms with van der Waals surface area (Å²) in [5.74, 6) is -0.128. The van der Waals surface area contributed by atoms with Gasteiger partial charge in [-0.1, -0.05) is 11.8 Å². The lowest BCUT2D eigenvalue weighted by Gasteiger charge is -2.33. The summed E-state index contributed by atoms with van der Waals surface area (Å²) in [5, 5.41) is 28.9. The van der Waals surface area contributed by atoms with Gasteiger partial charge >= 0.3 is 0 Å². The van der Waals surface area contributed by atoms with E-state index in [4.69, 9.17) is 0 Å². The van der Waals surface area contributed by atoms with Crippen LogP contribution < -0.4 is 16.0 Å². The van der Waals surface area contributed by atoms with Crippen LogP contribution in [0.15, 0.2) is 35.5 Å². The molecule has 176 valence electrons. The number of aromatic nitrogens is 4. The molecular formula is C23H25N7O3S. The Morgan fingerprint density at radius 3 is 3.00 bits per heavy atom. The number of pyridine rings is 2. The first-order valence-corrected chi connectivity index (χ1v) is 12.2. The molecule has 0 spiro atoms. The van der Waals surface area contributed by atoms with E-state index in [1.165, 1.54) is 11.8 Å². The average Bonchev–Trinajstić information content (AvgIpc) is 2.83. The fourth-order valence-electron chi connectivity index (χ4n) is 4.34. The molecule has 0 aromatic carbocycles. The molecule has 2 amide bonds. The summed E-state index contributed by atoms with van der Waals surface area (Å²) >= 11 is 1.37. The lowest BCUT2D eigenvalue weighted by Crippen LogP contribution is -2.46. The summed E-state index contributed by atoms with van der Waals surface area (Å²) in [5.41, 5.74) is 4.21. The number of carbonyl (C=O) groups excluding carboxylic acids is 2. The Morgan fingerprint density at radius 2 is 2.15 bits per heavy atom. The maximum Gasteiger partial charge on any atom is 0.234 e. The van der Waals surface area contributed by atoms with Gasteiger partial charge in [0.1, 0.15) is 10.5 Å². The molecule has 5 rings (SSSR count). The highest BCUT2D eigenvalue weighted by atomic mass is 32.2. The number of nitrogens with one attached hydrogen (secondary N) is 3. The number of aryl methyl sites for hydroxylation is 1. The standard InChI is InChI=1S/C23H25N7O3S/c1-12-2-4-16-21(26-12)17(6-7-24-16)28-22(33)13-3-5-15(19(31)8-13)25-10-14-9-18-23(30-29-14)34-11-20(32)27-18/h2,4,6-7,9,13,15,19,25,31H,3,5,8,10-11H2,1H3,(H,27,32)(H,24,28,33)/t13-,15-,19-/m1/s1. The SMILES string of the molecule is Cc1ccc2nccc(NC(=O)[C@@H]3CC[C@@H](NCc4cc5c(nn4)SCC(=O)N5)[C@H](O)C3)c2n1. The molecule has 4 N–H and O–H groups in total. The number of aliphatic hydroxyl groups excluding tert-OH is 1. The van der Waals surface area contributed by atoms with E-state index >= 15 is 0 Å². The second-order valence-electron chi connectivity index (χ2n) is 8.62. The van der Waals surface area contributed by atoms with Gasteiger partial charge in [0.05, 0.1) is 34.4 Å². The van der Waals surface area contributed by atoms with Gasteiger partial charge in [-0.05, 0) is 50.5 Å². The maximum absolute atomic E-state index is 12.9. The van der Waals surface area contributed by atoms with Crippen molar-refractivity contribution in [2.75, 3.05) is 16.4 Å². The third-order valence-electron chi connectivity index (χ3n) is 6.14. The molecule has 4 heterocycles. The van der Waals surface area contributed by atoms with E-state index in [1.807, 2.05) is 19.1 Å². The van der Waals surface area contributed by atoms with Gasteiger partial charge in [-0.3, -0.25) is 14.6 Å². The topological polar surface area (TPSA) is 142 Å². The third-order valence-corrected chi connectivity index (χ3v) is 7.12. The Balaban J connectivity index is 1.18. The zero-order valence-corrected chi connectivity index (χ0v) is 19.4. The number of aliphatic hydroxyl groups is 1. The molecule has 1 saturated carbocycles.